The number of carbonyl (C=O) groups excluding carboxylic acids is 1. The van der Waals surface area contributed by atoms with Crippen molar-refractivity contribution in [3.63, 3.8) is 0 Å². The number of hydrogen-bond donors (Lipinski definition) is 0. The molecule has 0 N–H and O–H groups in total. The predicted molar refractivity (Wildman–Crippen MR) is 79.5 cm³/mol. The Kier molecular flexibility index (Phi) is 5.04. The monoisotopic (exact) mass is 310 g/mol. The van der Waals surface area contributed by atoms with Crippen LogP contribution in [-0.2, 0) is 0 Å². The van der Waals surface area contributed by atoms with E-state index in [1.54, 1.807) is 30.3 Å². The van der Waals surface area contributed by atoms with Gasteiger partial charge in [0, 0.05) is 10.5 Å². The minimum atomic E-state index is -0.310. The summed E-state index contributed by atoms with van der Waals surface area (Å²) >= 11 is 7.27. The van der Waals surface area contributed by atoms with Crippen LogP contribution in [0, 0.1) is 5.82 Å². The number of hydrogen-bond acceptors (Lipinski definition) is 3. The number of methoxy groups -OCH3 is 1. The van der Waals surface area contributed by atoms with E-state index in [2.05, 4.69) is 0 Å². The molecule has 0 aliphatic carbocycles. The molecule has 0 aliphatic rings. The topological polar surface area (TPSA) is 26.3 Å². The summed E-state index contributed by atoms with van der Waals surface area (Å²) in [5, 5.41) is 0.397. The molecule has 20 heavy (non-hydrogen) atoms. The van der Waals surface area contributed by atoms with Gasteiger partial charge < -0.3 is 4.74 Å². The second-order valence-electron chi connectivity index (χ2n) is 4.02. The minimum Gasteiger partial charge on any atom is -0.495 e. The second-order valence-corrected chi connectivity index (χ2v) is 5.47. The summed E-state index contributed by atoms with van der Waals surface area (Å²) in [6.45, 7) is 0. The van der Waals surface area contributed by atoms with E-state index in [-0.39, 0.29) is 17.4 Å². The molecule has 0 amide bonds. The number of carbonyl (C=O) groups is 1. The van der Waals surface area contributed by atoms with E-state index in [0.29, 0.717) is 16.3 Å². The molecule has 0 saturated heterocycles. The molecule has 2 aromatic rings. The zero-order chi connectivity index (χ0) is 14.5. The minimum absolute atomic E-state index is 0.0659. The molecule has 0 fully saturated rings. The van der Waals surface area contributed by atoms with E-state index in [1.807, 2.05) is 0 Å². The van der Waals surface area contributed by atoms with Gasteiger partial charge in [0.1, 0.15) is 11.6 Å². The number of rotatable bonds is 5. The highest BCUT2D eigenvalue weighted by molar-refractivity contribution is 8.00. The van der Waals surface area contributed by atoms with Gasteiger partial charge in [-0.15, -0.1) is 11.8 Å². The van der Waals surface area contributed by atoms with Crippen molar-refractivity contribution in [1.29, 1.82) is 0 Å². The third kappa shape index (κ3) is 3.74. The molecule has 0 atom stereocenters. The Hall–Kier alpha value is -1.52. The molecular weight excluding hydrogens is 299 g/mol. The molecule has 0 aromatic heterocycles. The van der Waals surface area contributed by atoms with Gasteiger partial charge in [0.05, 0.1) is 17.9 Å². The Bertz CT molecular complexity index is 631. The molecule has 2 aromatic carbocycles. The largest absolute Gasteiger partial charge is 0.495 e. The van der Waals surface area contributed by atoms with Gasteiger partial charge in [-0.2, -0.15) is 0 Å². The van der Waals surface area contributed by atoms with Crippen LogP contribution in [0.25, 0.3) is 0 Å². The first kappa shape index (κ1) is 14.9. The van der Waals surface area contributed by atoms with Gasteiger partial charge in [0.25, 0.3) is 0 Å². The lowest BCUT2D eigenvalue weighted by Gasteiger charge is -2.05. The third-order valence-corrected chi connectivity index (χ3v) is 3.93. The highest BCUT2D eigenvalue weighted by Crippen LogP contribution is 2.26. The maximum absolute atomic E-state index is 13.0. The van der Waals surface area contributed by atoms with Crippen LogP contribution in [0.3, 0.4) is 0 Å². The number of benzene rings is 2. The lowest BCUT2D eigenvalue weighted by Crippen LogP contribution is -2.02. The molecule has 0 radical (unpaired) electrons. The summed E-state index contributed by atoms with van der Waals surface area (Å²) in [5.74, 6) is 0.381. The highest BCUT2D eigenvalue weighted by atomic mass is 35.5. The normalized spacial score (nSPS) is 10.3. The van der Waals surface area contributed by atoms with Crippen LogP contribution in [0.1, 0.15) is 10.4 Å². The third-order valence-electron chi connectivity index (χ3n) is 2.64. The fourth-order valence-corrected chi connectivity index (χ4v) is 2.72. The summed E-state index contributed by atoms with van der Waals surface area (Å²) in [5.41, 5.74) is 0.514. The van der Waals surface area contributed by atoms with Crippen molar-refractivity contribution < 1.29 is 13.9 Å². The average Bonchev–Trinajstić information content (AvgIpc) is 2.44. The lowest BCUT2D eigenvalue weighted by atomic mass is 10.1. The van der Waals surface area contributed by atoms with Crippen LogP contribution in [0.4, 0.5) is 4.39 Å². The van der Waals surface area contributed by atoms with E-state index >= 15 is 0 Å². The maximum Gasteiger partial charge on any atom is 0.173 e. The van der Waals surface area contributed by atoms with Gasteiger partial charge in [0.15, 0.2) is 5.78 Å². The average molecular weight is 311 g/mol. The van der Waals surface area contributed by atoms with Crippen LogP contribution < -0.4 is 4.74 Å². The van der Waals surface area contributed by atoms with Crippen LogP contribution in [-0.4, -0.2) is 18.6 Å². The maximum atomic E-state index is 13.0. The highest BCUT2D eigenvalue weighted by Gasteiger charge is 2.10. The van der Waals surface area contributed by atoms with Gasteiger partial charge in [-0.1, -0.05) is 17.7 Å². The molecular formula is C15H12ClFO2S. The Labute approximate surface area is 125 Å². The van der Waals surface area contributed by atoms with Crippen molar-refractivity contribution in [1.82, 2.24) is 0 Å². The summed E-state index contributed by atoms with van der Waals surface area (Å²) in [6, 6.07) is 11.1. The lowest BCUT2D eigenvalue weighted by molar-refractivity contribution is 0.102. The Morgan fingerprint density at radius 3 is 2.75 bits per heavy atom. The first-order valence-corrected chi connectivity index (χ1v) is 7.21. The molecule has 0 saturated carbocycles. The van der Waals surface area contributed by atoms with Crippen LogP contribution >= 0.6 is 23.4 Å². The summed E-state index contributed by atoms with van der Waals surface area (Å²) in [6.07, 6.45) is 0. The van der Waals surface area contributed by atoms with Crippen molar-refractivity contribution in [2.24, 2.45) is 0 Å². The summed E-state index contributed by atoms with van der Waals surface area (Å²) < 4.78 is 18.1. The van der Waals surface area contributed by atoms with E-state index in [1.165, 1.54) is 31.0 Å². The van der Waals surface area contributed by atoms with Gasteiger partial charge >= 0.3 is 0 Å². The fourth-order valence-electron chi connectivity index (χ4n) is 1.63. The second kappa shape index (κ2) is 6.77. The van der Waals surface area contributed by atoms with E-state index in [4.69, 9.17) is 16.3 Å². The smallest absolute Gasteiger partial charge is 0.173 e. The Morgan fingerprint density at radius 2 is 2.10 bits per heavy atom. The van der Waals surface area contributed by atoms with E-state index in [0.717, 1.165) is 4.90 Å². The van der Waals surface area contributed by atoms with E-state index in [9.17, 15) is 9.18 Å². The fraction of sp³-hybridized carbons (Fsp3) is 0.133. The number of ether oxygens (including phenoxy) is 1. The number of halogens is 2. The standard InChI is InChI=1S/C15H12ClFO2S/c1-19-15-6-5-10(7-13(15)16)14(18)9-20-12-4-2-3-11(17)8-12/h2-8H,9H2,1H3. The van der Waals surface area contributed by atoms with Gasteiger partial charge in [0.2, 0.25) is 0 Å². The van der Waals surface area contributed by atoms with Crippen LogP contribution in [0.15, 0.2) is 47.4 Å². The van der Waals surface area contributed by atoms with Crippen molar-refractivity contribution in [2.45, 2.75) is 4.90 Å². The first-order valence-electron chi connectivity index (χ1n) is 5.85. The predicted octanol–water partition coefficient (Wildman–Crippen LogP) is 4.46. The summed E-state index contributed by atoms with van der Waals surface area (Å²) in [7, 11) is 1.52. The molecule has 2 nitrogen and oxygen atoms in total. The zero-order valence-electron chi connectivity index (χ0n) is 10.7. The Morgan fingerprint density at radius 1 is 1.30 bits per heavy atom. The Balaban J connectivity index is 2.03. The first-order chi connectivity index (χ1) is 9.60. The van der Waals surface area contributed by atoms with Crippen molar-refractivity contribution in [2.75, 3.05) is 12.9 Å². The molecule has 104 valence electrons. The number of ketones is 1. The van der Waals surface area contributed by atoms with Gasteiger partial charge in [-0.25, -0.2) is 4.39 Å². The van der Waals surface area contributed by atoms with Crippen LogP contribution in [0.5, 0.6) is 5.75 Å². The van der Waals surface area contributed by atoms with Crippen LogP contribution in [0.2, 0.25) is 5.02 Å². The molecule has 0 unspecified atom stereocenters. The van der Waals surface area contributed by atoms with E-state index < -0.39 is 0 Å². The molecule has 2 rings (SSSR count). The molecule has 0 spiro atoms. The zero-order valence-corrected chi connectivity index (χ0v) is 12.3. The molecule has 0 heterocycles. The molecule has 0 bridgehead atoms. The van der Waals surface area contributed by atoms with Gasteiger partial charge in [-0.3, -0.25) is 4.79 Å². The molecule has 5 heteroatoms. The van der Waals surface area contributed by atoms with Crippen molar-refractivity contribution in [3.8, 4) is 5.75 Å². The summed E-state index contributed by atoms with van der Waals surface area (Å²) in [4.78, 5) is 12.8. The quantitative estimate of drug-likeness (QED) is 0.602. The van der Waals surface area contributed by atoms with Crippen molar-refractivity contribution in [3.05, 3.63) is 58.9 Å². The SMILES string of the molecule is COc1ccc(C(=O)CSc2cccc(F)c2)cc1Cl. The molecule has 0 aliphatic heterocycles. The number of thioether (sulfide) groups is 1. The van der Waals surface area contributed by atoms with Gasteiger partial charge in [-0.05, 0) is 36.4 Å². The number of Topliss-reactive ketones (excluding diaryl/α,β-unsaturated/α-hetero) is 1. The van der Waals surface area contributed by atoms with Crippen molar-refractivity contribution >= 4 is 29.1 Å².